The van der Waals surface area contributed by atoms with Gasteiger partial charge in [-0.1, -0.05) is 13.0 Å². The molecule has 0 bridgehead atoms. The maximum Gasteiger partial charge on any atom is 0.191 e. The molecule has 124 valence electrons. The van der Waals surface area contributed by atoms with Gasteiger partial charge in [0.1, 0.15) is 0 Å². The predicted octanol–water partition coefficient (Wildman–Crippen LogP) is 2.89. The maximum atomic E-state index is 4.73. The Hall–Kier alpha value is -1.07. The van der Waals surface area contributed by atoms with Crippen molar-refractivity contribution in [2.45, 2.75) is 39.0 Å². The lowest BCUT2D eigenvalue weighted by molar-refractivity contribution is 0.334. The second-order valence-electron chi connectivity index (χ2n) is 5.97. The molecule has 1 aliphatic rings. The minimum atomic E-state index is 0.486. The van der Waals surface area contributed by atoms with Crippen LogP contribution in [0.4, 0.5) is 0 Å². The van der Waals surface area contributed by atoms with Crippen molar-refractivity contribution in [3.63, 3.8) is 0 Å². The average molecular weight is 323 g/mol. The van der Waals surface area contributed by atoms with Crippen LogP contribution in [-0.2, 0) is 0 Å². The fraction of sp³-hybridized carbons (Fsp3) is 0.706. The maximum absolute atomic E-state index is 4.73. The fourth-order valence-electron chi connectivity index (χ4n) is 2.75. The highest BCUT2D eigenvalue weighted by Crippen LogP contribution is 2.20. The Morgan fingerprint density at radius 3 is 2.86 bits per heavy atom. The molecule has 0 aromatic carbocycles. The van der Waals surface area contributed by atoms with Gasteiger partial charge >= 0.3 is 0 Å². The molecule has 0 radical (unpaired) electrons. The minimum absolute atomic E-state index is 0.486. The molecule has 4 nitrogen and oxygen atoms in total. The van der Waals surface area contributed by atoms with E-state index in [1.165, 1.54) is 43.8 Å². The fourth-order valence-corrected chi connectivity index (χ4v) is 3.53. The molecule has 1 fully saturated rings. The van der Waals surface area contributed by atoms with Gasteiger partial charge in [-0.3, -0.25) is 4.99 Å². The predicted molar refractivity (Wildman–Crippen MR) is 97.0 cm³/mol. The van der Waals surface area contributed by atoms with Crippen LogP contribution in [0, 0.1) is 0 Å². The van der Waals surface area contributed by atoms with Gasteiger partial charge in [0.15, 0.2) is 5.96 Å². The van der Waals surface area contributed by atoms with E-state index in [0.717, 1.165) is 25.6 Å². The van der Waals surface area contributed by atoms with E-state index >= 15 is 0 Å². The van der Waals surface area contributed by atoms with Crippen molar-refractivity contribution in [2.75, 3.05) is 39.3 Å². The normalized spacial score (nSPS) is 17.6. The molecule has 1 aromatic heterocycles. The second kappa shape index (κ2) is 9.85. The summed E-state index contributed by atoms with van der Waals surface area (Å²) in [5.74, 6) is 1.44. The van der Waals surface area contributed by atoms with Crippen molar-refractivity contribution in [1.82, 2.24) is 15.5 Å². The Labute approximate surface area is 139 Å². The zero-order valence-electron chi connectivity index (χ0n) is 14.0. The first-order valence-corrected chi connectivity index (χ1v) is 9.45. The van der Waals surface area contributed by atoms with Gasteiger partial charge in [-0.25, -0.2) is 0 Å². The zero-order valence-corrected chi connectivity index (χ0v) is 14.8. The number of nitrogens with one attached hydrogen (secondary N) is 2. The first-order valence-electron chi connectivity index (χ1n) is 8.57. The molecule has 0 spiro atoms. The van der Waals surface area contributed by atoms with Gasteiger partial charge in [-0.05, 0) is 57.3 Å². The van der Waals surface area contributed by atoms with Crippen molar-refractivity contribution in [3.05, 3.63) is 22.4 Å². The smallest absolute Gasteiger partial charge is 0.191 e. The van der Waals surface area contributed by atoms with E-state index in [2.05, 4.69) is 46.9 Å². The van der Waals surface area contributed by atoms with Crippen LogP contribution in [0.2, 0.25) is 0 Å². The largest absolute Gasteiger partial charge is 0.357 e. The number of hydrogen-bond donors (Lipinski definition) is 2. The molecule has 1 unspecified atom stereocenters. The van der Waals surface area contributed by atoms with Crippen LogP contribution >= 0.6 is 11.3 Å². The molecule has 22 heavy (non-hydrogen) atoms. The van der Waals surface area contributed by atoms with Crippen molar-refractivity contribution < 1.29 is 0 Å². The summed E-state index contributed by atoms with van der Waals surface area (Å²) in [6.07, 6.45) is 3.93. The van der Waals surface area contributed by atoms with E-state index in [4.69, 9.17) is 4.99 Å². The third-order valence-corrected chi connectivity index (χ3v) is 5.14. The molecule has 2 heterocycles. The summed E-state index contributed by atoms with van der Waals surface area (Å²) < 4.78 is 0. The minimum Gasteiger partial charge on any atom is -0.357 e. The number of guanidine groups is 1. The standard InChI is InChI=1S/C17H30N4S/c1-3-18-17(19-9-7-12-21-10-4-5-11-21)20-14-15(2)16-8-6-13-22-16/h6,8,13,15H,3-5,7,9-12,14H2,1-2H3,(H2,18,19,20). The highest BCUT2D eigenvalue weighted by Gasteiger charge is 2.10. The molecular formula is C17H30N4S. The molecule has 1 atom stereocenters. The topological polar surface area (TPSA) is 39.7 Å². The molecule has 5 heteroatoms. The van der Waals surface area contributed by atoms with Crippen molar-refractivity contribution >= 4 is 17.3 Å². The molecule has 1 aromatic rings. The summed E-state index contributed by atoms with van der Waals surface area (Å²) in [4.78, 5) is 8.70. The van der Waals surface area contributed by atoms with E-state index in [9.17, 15) is 0 Å². The summed E-state index contributed by atoms with van der Waals surface area (Å²) in [5, 5.41) is 8.94. The second-order valence-corrected chi connectivity index (χ2v) is 6.94. The first-order chi connectivity index (χ1) is 10.8. The van der Waals surface area contributed by atoms with Crippen molar-refractivity contribution in [2.24, 2.45) is 4.99 Å². The summed E-state index contributed by atoms with van der Waals surface area (Å²) >= 11 is 1.82. The molecule has 0 amide bonds. The van der Waals surface area contributed by atoms with Crippen LogP contribution < -0.4 is 10.6 Å². The third-order valence-electron chi connectivity index (χ3n) is 4.04. The summed E-state index contributed by atoms with van der Waals surface area (Å²) in [6, 6.07) is 4.31. The summed E-state index contributed by atoms with van der Waals surface area (Å²) in [7, 11) is 0. The number of nitrogens with zero attached hydrogens (tertiary/aromatic N) is 2. The SMILES string of the molecule is CCNC(=NCC(C)c1cccs1)NCCCN1CCCC1. The van der Waals surface area contributed by atoms with Gasteiger partial charge in [0, 0.05) is 23.9 Å². The molecule has 0 saturated carbocycles. The number of aliphatic imine (C=N–C) groups is 1. The van der Waals surface area contributed by atoms with Crippen LogP contribution in [0.25, 0.3) is 0 Å². The first kappa shape index (κ1) is 17.3. The van der Waals surface area contributed by atoms with Gasteiger partial charge in [0.25, 0.3) is 0 Å². The van der Waals surface area contributed by atoms with Gasteiger partial charge in [0.05, 0.1) is 6.54 Å². The summed E-state index contributed by atoms with van der Waals surface area (Å²) in [6.45, 7) is 10.9. The molecular weight excluding hydrogens is 292 g/mol. The van der Waals surface area contributed by atoms with Gasteiger partial charge in [0.2, 0.25) is 0 Å². The Kier molecular flexibility index (Phi) is 7.74. The van der Waals surface area contributed by atoms with Crippen molar-refractivity contribution in [3.8, 4) is 0 Å². The lowest BCUT2D eigenvalue weighted by atomic mass is 10.1. The Morgan fingerprint density at radius 2 is 2.18 bits per heavy atom. The molecule has 0 aliphatic carbocycles. The van der Waals surface area contributed by atoms with E-state index in [1.54, 1.807) is 0 Å². The van der Waals surface area contributed by atoms with Crippen molar-refractivity contribution in [1.29, 1.82) is 0 Å². The lowest BCUT2D eigenvalue weighted by Crippen LogP contribution is -2.39. The van der Waals surface area contributed by atoms with Crippen LogP contribution in [-0.4, -0.2) is 50.1 Å². The number of thiophene rings is 1. The molecule has 2 rings (SSSR count). The Balaban J connectivity index is 1.69. The zero-order chi connectivity index (χ0) is 15.6. The number of likely N-dealkylation sites (tertiary alicyclic amines) is 1. The molecule has 1 aliphatic heterocycles. The highest BCUT2D eigenvalue weighted by atomic mass is 32.1. The van der Waals surface area contributed by atoms with Gasteiger partial charge < -0.3 is 15.5 Å². The quantitative estimate of drug-likeness (QED) is 0.439. The summed E-state index contributed by atoms with van der Waals surface area (Å²) in [5.41, 5.74) is 0. The van der Waals surface area contributed by atoms with Gasteiger partial charge in [-0.2, -0.15) is 0 Å². The number of rotatable bonds is 8. The van der Waals surface area contributed by atoms with Crippen LogP contribution in [0.1, 0.15) is 43.9 Å². The van der Waals surface area contributed by atoms with Crippen LogP contribution in [0.15, 0.2) is 22.5 Å². The monoisotopic (exact) mass is 322 g/mol. The van der Waals surface area contributed by atoms with Gasteiger partial charge in [-0.15, -0.1) is 11.3 Å². The Morgan fingerprint density at radius 1 is 1.36 bits per heavy atom. The molecule has 2 N–H and O–H groups in total. The van der Waals surface area contributed by atoms with Crippen LogP contribution in [0.3, 0.4) is 0 Å². The Bertz CT molecular complexity index is 424. The van der Waals surface area contributed by atoms with Crippen LogP contribution in [0.5, 0.6) is 0 Å². The molecule has 1 saturated heterocycles. The average Bonchev–Trinajstić information content (AvgIpc) is 3.21. The highest BCUT2D eigenvalue weighted by molar-refractivity contribution is 7.10. The van der Waals surface area contributed by atoms with E-state index in [1.807, 2.05) is 11.3 Å². The van der Waals surface area contributed by atoms with E-state index in [-0.39, 0.29) is 0 Å². The van der Waals surface area contributed by atoms with E-state index < -0.39 is 0 Å². The lowest BCUT2D eigenvalue weighted by Gasteiger charge is -2.16. The number of hydrogen-bond acceptors (Lipinski definition) is 3. The van der Waals surface area contributed by atoms with E-state index in [0.29, 0.717) is 5.92 Å². The third kappa shape index (κ3) is 5.97.